The van der Waals surface area contributed by atoms with Crippen molar-refractivity contribution in [2.45, 2.75) is 6.61 Å². The minimum Gasteiger partial charge on any atom is -0.497 e. The van der Waals surface area contributed by atoms with Gasteiger partial charge in [-0.3, -0.25) is 0 Å². The van der Waals surface area contributed by atoms with Crippen molar-refractivity contribution in [2.75, 3.05) is 14.2 Å². The number of halogens is 2. The van der Waals surface area contributed by atoms with E-state index in [4.69, 9.17) is 18.7 Å². The molecule has 4 rings (SSSR count). The highest BCUT2D eigenvalue weighted by Crippen LogP contribution is 2.33. The second-order valence-corrected chi connectivity index (χ2v) is 6.51. The van der Waals surface area contributed by atoms with Gasteiger partial charge < -0.3 is 18.7 Å². The Balaban J connectivity index is 1.55. The van der Waals surface area contributed by atoms with Gasteiger partial charge in [0, 0.05) is 11.1 Å². The zero-order valence-corrected chi connectivity index (χ0v) is 16.8. The molecular formula is C23H18F2N2O4. The topological polar surface area (TPSA) is 66.6 Å². The van der Waals surface area contributed by atoms with E-state index >= 15 is 0 Å². The molecule has 4 aromatic rings. The number of benzene rings is 3. The van der Waals surface area contributed by atoms with Crippen LogP contribution < -0.4 is 14.2 Å². The van der Waals surface area contributed by atoms with Crippen molar-refractivity contribution < 1.29 is 27.5 Å². The molecule has 0 aliphatic heterocycles. The fraction of sp³-hybridized carbons (Fsp3) is 0.130. The maximum atomic E-state index is 13.8. The lowest BCUT2D eigenvalue weighted by atomic mass is 10.1. The number of hydrogen-bond acceptors (Lipinski definition) is 6. The first-order valence-electron chi connectivity index (χ1n) is 9.31. The molecule has 0 radical (unpaired) electrons. The van der Waals surface area contributed by atoms with Gasteiger partial charge in [-0.15, -0.1) is 0 Å². The van der Waals surface area contributed by atoms with E-state index in [-0.39, 0.29) is 12.2 Å². The molecule has 0 amide bonds. The average Bonchev–Trinajstić information content (AvgIpc) is 3.29. The van der Waals surface area contributed by atoms with Crippen molar-refractivity contribution in [1.82, 2.24) is 10.1 Å². The molecule has 1 aromatic heterocycles. The van der Waals surface area contributed by atoms with Crippen molar-refractivity contribution in [1.29, 1.82) is 0 Å². The molecule has 31 heavy (non-hydrogen) atoms. The zero-order chi connectivity index (χ0) is 21.8. The Morgan fingerprint density at radius 3 is 2.23 bits per heavy atom. The van der Waals surface area contributed by atoms with E-state index in [1.54, 1.807) is 37.4 Å². The van der Waals surface area contributed by atoms with Crippen LogP contribution in [0.1, 0.15) is 5.56 Å². The van der Waals surface area contributed by atoms with E-state index in [0.717, 1.165) is 11.3 Å². The first-order valence-corrected chi connectivity index (χ1v) is 9.31. The van der Waals surface area contributed by atoms with E-state index in [1.807, 2.05) is 12.1 Å². The summed E-state index contributed by atoms with van der Waals surface area (Å²) in [4.78, 5) is 4.41. The number of methoxy groups -OCH3 is 2. The average molecular weight is 424 g/mol. The summed E-state index contributed by atoms with van der Waals surface area (Å²) in [6.07, 6.45) is 0. The first kappa shape index (κ1) is 20.3. The van der Waals surface area contributed by atoms with Gasteiger partial charge in [0.2, 0.25) is 5.82 Å². The Bertz CT molecular complexity index is 1170. The van der Waals surface area contributed by atoms with Crippen LogP contribution in [0.25, 0.3) is 22.8 Å². The normalized spacial score (nSPS) is 10.7. The van der Waals surface area contributed by atoms with Gasteiger partial charge in [-0.2, -0.15) is 4.98 Å². The summed E-state index contributed by atoms with van der Waals surface area (Å²) in [5.41, 5.74) is 1.22. The molecule has 3 aromatic carbocycles. The summed E-state index contributed by atoms with van der Waals surface area (Å²) >= 11 is 0. The highest BCUT2D eigenvalue weighted by atomic mass is 19.1. The van der Waals surface area contributed by atoms with Crippen molar-refractivity contribution in [3.05, 3.63) is 77.9 Å². The molecule has 6 nitrogen and oxygen atoms in total. The number of aromatic nitrogens is 2. The zero-order valence-electron chi connectivity index (χ0n) is 16.8. The lowest BCUT2D eigenvalue weighted by Crippen LogP contribution is -2.03. The summed E-state index contributed by atoms with van der Waals surface area (Å²) in [7, 11) is 3.06. The smallest absolute Gasteiger partial charge is 0.258 e. The highest BCUT2D eigenvalue weighted by Gasteiger charge is 2.15. The van der Waals surface area contributed by atoms with Gasteiger partial charge in [0.15, 0.2) is 11.5 Å². The Hall–Kier alpha value is -3.94. The summed E-state index contributed by atoms with van der Waals surface area (Å²) in [5, 5.41) is 4.01. The molecule has 0 unspecified atom stereocenters. The minimum absolute atomic E-state index is 0.157. The van der Waals surface area contributed by atoms with Gasteiger partial charge in [0.1, 0.15) is 24.0 Å². The maximum absolute atomic E-state index is 13.8. The van der Waals surface area contributed by atoms with E-state index in [9.17, 15) is 8.78 Å². The summed E-state index contributed by atoms with van der Waals surface area (Å²) in [6, 6.07) is 15.9. The third kappa shape index (κ3) is 4.32. The van der Waals surface area contributed by atoms with Crippen molar-refractivity contribution in [3.63, 3.8) is 0 Å². The van der Waals surface area contributed by atoms with Crippen LogP contribution in [-0.2, 0) is 6.61 Å². The van der Waals surface area contributed by atoms with Gasteiger partial charge in [0.05, 0.1) is 19.8 Å². The van der Waals surface area contributed by atoms with Crippen LogP contribution >= 0.6 is 0 Å². The van der Waals surface area contributed by atoms with Crippen molar-refractivity contribution >= 4 is 0 Å². The minimum atomic E-state index is -0.673. The molecule has 0 bridgehead atoms. The van der Waals surface area contributed by atoms with Crippen LogP contribution in [-0.4, -0.2) is 24.4 Å². The Labute approximate surface area is 177 Å². The Kier molecular flexibility index (Phi) is 5.79. The monoisotopic (exact) mass is 424 g/mol. The SMILES string of the molecule is COc1ccc(-c2nc(-c3ccc(OCc4c(F)cccc4F)c(OC)c3)no2)cc1. The summed E-state index contributed by atoms with van der Waals surface area (Å²) in [6.45, 7) is -0.280. The standard InChI is InChI=1S/C23H18F2N2O4/c1-28-16-9-6-14(7-10-16)23-26-22(27-31-23)15-8-11-20(21(12-15)29-2)30-13-17-18(24)4-3-5-19(17)25/h3-12H,13H2,1-2H3. The first-order chi connectivity index (χ1) is 15.1. The summed E-state index contributed by atoms with van der Waals surface area (Å²) < 4.78 is 49.1. The van der Waals surface area contributed by atoms with Gasteiger partial charge in [-0.05, 0) is 54.6 Å². The molecule has 1 heterocycles. The largest absolute Gasteiger partial charge is 0.497 e. The van der Waals surface area contributed by atoms with Crippen LogP contribution in [0.15, 0.2) is 65.2 Å². The Morgan fingerprint density at radius 2 is 1.55 bits per heavy atom. The maximum Gasteiger partial charge on any atom is 0.258 e. The second-order valence-electron chi connectivity index (χ2n) is 6.51. The fourth-order valence-corrected chi connectivity index (χ4v) is 2.94. The van der Waals surface area contributed by atoms with Crippen molar-refractivity contribution in [2.24, 2.45) is 0 Å². The van der Waals surface area contributed by atoms with Crippen LogP contribution in [0.4, 0.5) is 8.78 Å². The van der Waals surface area contributed by atoms with Crippen LogP contribution in [0, 0.1) is 11.6 Å². The third-order valence-corrected chi connectivity index (χ3v) is 4.62. The fourth-order valence-electron chi connectivity index (χ4n) is 2.94. The molecule has 0 saturated carbocycles. The summed E-state index contributed by atoms with van der Waals surface area (Å²) in [5.74, 6) is 0.779. The second kappa shape index (κ2) is 8.83. The third-order valence-electron chi connectivity index (χ3n) is 4.62. The number of nitrogens with zero attached hydrogens (tertiary/aromatic N) is 2. The van der Waals surface area contributed by atoms with Crippen molar-refractivity contribution in [3.8, 4) is 40.1 Å². The molecular weight excluding hydrogens is 406 g/mol. The van der Waals surface area contributed by atoms with E-state index < -0.39 is 11.6 Å². The van der Waals surface area contributed by atoms with Crippen LogP contribution in [0.5, 0.6) is 17.2 Å². The molecule has 0 fully saturated rings. The Morgan fingerprint density at radius 1 is 0.839 bits per heavy atom. The predicted octanol–water partition coefficient (Wildman–Crippen LogP) is 5.28. The van der Waals surface area contributed by atoms with E-state index in [0.29, 0.717) is 28.8 Å². The predicted molar refractivity (Wildman–Crippen MR) is 109 cm³/mol. The highest BCUT2D eigenvalue weighted by molar-refractivity contribution is 5.63. The van der Waals surface area contributed by atoms with Gasteiger partial charge in [-0.1, -0.05) is 11.2 Å². The van der Waals surface area contributed by atoms with Crippen LogP contribution in [0.2, 0.25) is 0 Å². The van der Waals surface area contributed by atoms with Gasteiger partial charge in [0.25, 0.3) is 5.89 Å². The lowest BCUT2D eigenvalue weighted by molar-refractivity contribution is 0.274. The molecule has 0 atom stereocenters. The molecule has 0 spiro atoms. The molecule has 158 valence electrons. The van der Waals surface area contributed by atoms with Gasteiger partial charge >= 0.3 is 0 Å². The molecule has 0 aliphatic carbocycles. The number of ether oxygens (including phenoxy) is 3. The molecule has 8 heteroatoms. The quantitative estimate of drug-likeness (QED) is 0.402. The molecule has 0 saturated heterocycles. The van der Waals surface area contributed by atoms with Crippen LogP contribution in [0.3, 0.4) is 0 Å². The van der Waals surface area contributed by atoms with E-state index in [2.05, 4.69) is 10.1 Å². The van der Waals surface area contributed by atoms with E-state index in [1.165, 1.54) is 25.3 Å². The lowest BCUT2D eigenvalue weighted by Gasteiger charge is -2.12. The number of rotatable bonds is 7. The molecule has 0 N–H and O–H groups in total. The molecule has 0 aliphatic rings. The van der Waals surface area contributed by atoms with Gasteiger partial charge in [-0.25, -0.2) is 8.78 Å². The number of hydrogen-bond donors (Lipinski definition) is 0.